The lowest BCUT2D eigenvalue weighted by Crippen LogP contribution is -2.56. The van der Waals surface area contributed by atoms with Crippen LogP contribution in [0, 0.1) is 34.5 Å². The van der Waals surface area contributed by atoms with E-state index in [1.165, 1.54) is 32.1 Å². The molecule has 0 bridgehead atoms. The largest absolute Gasteiger partial charge is 0.300 e. The van der Waals surface area contributed by atoms with Crippen molar-refractivity contribution in [2.45, 2.75) is 71.6 Å². The molecule has 0 aliphatic heterocycles. The Labute approximate surface area is 128 Å². The lowest BCUT2D eigenvalue weighted by atomic mass is 9.45. The van der Waals surface area contributed by atoms with Crippen LogP contribution in [0.5, 0.6) is 0 Å². The lowest BCUT2D eigenvalue weighted by molar-refractivity contribution is -0.158. The average molecular weight is 288 g/mol. The molecule has 0 aromatic heterocycles. The summed E-state index contributed by atoms with van der Waals surface area (Å²) in [5.74, 6) is 3.12. The third-order valence-corrected chi connectivity index (χ3v) is 7.94. The highest BCUT2D eigenvalue weighted by molar-refractivity contribution is 5.85. The van der Waals surface area contributed by atoms with Gasteiger partial charge in [-0.15, -0.1) is 0 Å². The second-order valence-electron chi connectivity index (χ2n) is 8.96. The van der Waals surface area contributed by atoms with Gasteiger partial charge in [-0.2, -0.15) is 0 Å². The van der Waals surface area contributed by atoms with Gasteiger partial charge in [0.25, 0.3) is 0 Å². The highest BCUT2D eigenvalue weighted by Crippen LogP contribution is 2.64. The monoisotopic (exact) mass is 288 g/mol. The van der Waals surface area contributed by atoms with Gasteiger partial charge in [-0.3, -0.25) is 9.59 Å². The Hall–Kier alpha value is -0.660. The van der Waals surface area contributed by atoms with Crippen LogP contribution in [0.4, 0.5) is 0 Å². The molecule has 2 heteroatoms. The van der Waals surface area contributed by atoms with Gasteiger partial charge in [-0.25, -0.2) is 0 Å². The van der Waals surface area contributed by atoms with Gasteiger partial charge in [0.1, 0.15) is 11.6 Å². The van der Waals surface area contributed by atoms with Crippen molar-refractivity contribution in [1.82, 2.24) is 0 Å². The Bertz CT molecular complexity index is 496. The van der Waals surface area contributed by atoms with Crippen LogP contribution in [-0.2, 0) is 9.59 Å². The Morgan fingerprint density at radius 1 is 1.05 bits per heavy atom. The summed E-state index contributed by atoms with van der Waals surface area (Å²) >= 11 is 0. The highest BCUT2D eigenvalue weighted by atomic mass is 16.1. The van der Waals surface area contributed by atoms with Gasteiger partial charge in [0, 0.05) is 25.2 Å². The van der Waals surface area contributed by atoms with Crippen molar-refractivity contribution in [2.24, 2.45) is 34.5 Å². The summed E-state index contributed by atoms with van der Waals surface area (Å²) in [4.78, 5) is 24.9. The van der Waals surface area contributed by atoms with Crippen LogP contribution in [0.15, 0.2) is 0 Å². The number of ketones is 2. The molecule has 0 radical (unpaired) electrons. The second kappa shape index (κ2) is 4.43. The van der Waals surface area contributed by atoms with Crippen molar-refractivity contribution in [1.29, 1.82) is 0 Å². The molecule has 4 aliphatic carbocycles. The summed E-state index contributed by atoms with van der Waals surface area (Å²) in [6.45, 7) is 4.72. The number of Topliss-reactive ketones (excluding diaryl/α,β-unsaturated/α-hetero) is 2. The van der Waals surface area contributed by atoms with Crippen LogP contribution in [-0.4, -0.2) is 11.6 Å². The van der Waals surface area contributed by atoms with Crippen molar-refractivity contribution in [3.05, 3.63) is 0 Å². The molecule has 0 N–H and O–H groups in total. The highest BCUT2D eigenvalue weighted by Gasteiger charge is 2.60. The molecule has 4 saturated carbocycles. The summed E-state index contributed by atoms with van der Waals surface area (Å²) in [6, 6.07) is 0. The Balaban J connectivity index is 1.70. The third-order valence-electron chi connectivity index (χ3n) is 7.94. The van der Waals surface area contributed by atoms with E-state index < -0.39 is 0 Å². The fourth-order valence-corrected chi connectivity index (χ4v) is 6.87. The molecule has 0 spiro atoms. The van der Waals surface area contributed by atoms with Crippen LogP contribution in [0.25, 0.3) is 0 Å². The van der Waals surface area contributed by atoms with E-state index in [9.17, 15) is 9.59 Å². The van der Waals surface area contributed by atoms with E-state index in [1.54, 1.807) is 0 Å². The number of hydrogen-bond donors (Lipinski definition) is 0. The topological polar surface area (TPSA) is 34.1 Å². The Kier molecular flexibility index (Phi) is 2.94. The number of carbonyl (C=O) groups excluding carboxylic acids is 2. The first-order chi connectivity index (χ1) is 9.94. The average Bonchev–Trinajstić information content (AvgIpc) is 2.80. The minimum atomic E-state index is 0.123. The van der Waals surface area contributed by atoms with Crippen molar-refractivity contribution in [3.8, 4) is 0 Å². The van der Waals surface area contributed by atoms with Gasteiger partial charge in [0.15, 0.2) is 0 Å². The number of carbonyl (C=O) groups is 2. The van der Waals surface area contributed by atoms with Gasteiger partial charge >= 0.3 is 0 Å². The molecule has 0 aromatic carbocycles. The minimum absolute atomic E-state index is 0.123. The fraction of sp³-hybridized carbons (Fsp3) is 0.895. The third kappa shape index (κ3) is 1.83. The number of hydrogen-bond acceptors (Lipinski definition) is 2. The summed E-state index contributed by atoms with van der Waals surface area (Å²) in [5, 5.41) is 0. The maximum absolute atomic E-state index is 13.0. The normalized spacial score (nSPS) is 53.0. The fourth-order valence-electron chi connectivity index (χ4n) is 6.87. The van der Waals surface area contributed by atoms with Crippen LogP contribution >= 0.6 is 0 Å². The van der Waals surface area contributed by atoms with E-state index in [0.717, 1.165) is 25.2 Å². The second-order valence-corrected chi connectivity index (χ2v) is 8.96. The molecule has 2 nitrogen and oxygen atoms in total. The van der Waals surface area contributed by atoms with E-state index in [2.05, 4.69) is 13.8 Å². The first-order valence-corrected chi connectivity index (χ1v) is 8.98. The van der Waals surface area contributed by atoms with Gasteiger partial charge in [-0.1, -0.05) is 20.3 Å². The van der Waals surface area contributed by atoms with E-state index in [4.69, 9.17) is 0 Å². The van der Waals surface area contributed by atoms with Crippen molar-refractivity contribution in [3.63, 3.8) is 0 Å². The van der Waals surface area contributed by atoms with Crippen molar-refractivity contribution < 1.29 is 9.59 Å². The summed E-state index contributed by atoms with van der Waals surface area (Å²) in [7, 11) is 0. The lowest BCUT2D eigenvalue weighted by Gasteiger charge is -2.58. The SMILES string of the molecule is C[C@@]12CCC[C@H]1[C@@H]1CCC3CC(=O)CC[C@]3(C)[C@H]1C(=O)C2. The van der Waals surface area contributed by atoms with Crippen LogP contribution in [0.3, 0.4) is 0 Å². The first-order valence-electron chi connectivity index (χ1n) is 8.98. The maximum atomic E-state index is 13.0. The molecular weight excluding hydrogens is 260 g/mol. The molecule has 4 fully saturated rings. The Morgan fingerprint density at radius 3 is 2.67 bits per heavy atom. The molecule has 21 heavy (non-hydrogen) atoms. The molecule has 0 saturated heterocycles. The zero-order valence-electron chi connectivity index (χ0n) is 13.5. The van der Waals surface area contributed by atoms with E-state index in [1.807, 2.05) is 0 Å². The van der Waals surface area contributed by atoms with Gasteiger partial charge < -0.3 is 0 Å². The van der Waals surface area contributed by atoms with Crippen LogP contribution in [0.2, 0.25) is 0 Å². The molecule has 6 atom stereocenters. The van der Waals surface area contributed by atoms with Gasteiger partial charge in [0.2, 0.25) is 0 Å². The van der Waals surface area contributed by atoms with E-state index in [0.29, 0.717) is 35.2 Å². The molecule has 0 aromatic rings. The van der Waals surface area contributed by atoms with Crippen molar-refractivity contribution in [2.75, 3.05) is 0 Å². The minimum Gasteiger partial charge on any atom is -0.300 e. The predicted octanol–water partition coefficient (Wildman–Crippen LogP) is 4.17. The standard InChI is InChI=1S/C19H28O2/c1-18-8-3-4-15(18)14-6-5-12-10-13(20)7-9-19(12,2)17(14)16(21)11-18/h12,14-15,17H,3-11H2,1-2H3/t12?,14-,15-,17+,18-,19-/m0/s1. The molecule has 4 aliphatic rings. The predicted molar refractivity (Wildman–Crippen MR) is 81.7 cm³/mol. The zero-order valence-corrected chi connectivity index (χ0v) is 13.5. The first kappa shape index (κ1) is 14.0. The van der Waals surface area contributed by atoms with Gasteiger partial charge in [0.05, 0.1) is 0 Å². The van der Waals surface area contributed by atoms with Crippen LogP contribution < -0.4 is 0 Å². The molecule has 0 amide bonds. The Morgan fingerprint density at radius 2 is 1.86 bits per heavy atom. The van der Waals surface area contributed by atoms with E-state index >= 15 is 0 Å². The molecular formula is C19H28O2. The van der Waals surface area contributed by atoms with Gasteiger partial charge in [-0.05, 0) is 60.7 Å². The molecule has 116 valence electrons. The summed E-state index contributed by atoms with van der Waals surface area (Å²) < 4.78 is 0. The summed E-state index contributed by atoms with van der Waals surface area (Å²) in [6.07, 6.45) is 9.53. The number of rotatable bonds is 0. The molecule has 4 rings (SSSR count). The molecule has 1 unspecified atom stereocenters. The quantitative estimate of drug-likeness (QED) is 0.670. The number of fused-ring (bicyclic) bond motifs is 5. The maximum Gasteiger partial charge on any atom is 0.137 e. The zero-order chi connectivity index (χ0) is 14.8. The molecule has 0 heterocycles. The van der Waals surface area contributed by atoms with E-state index in [-0.39, 0.29) is 11.3 Å². The van der Waals surface area contributed by atoms with Crippen LogP contribution in [0.1, 0.15) is 71.6 Å². The smallest absolute Gasteiger partial charge is 0.137 e. The van der Waals surface area contributed by atoms with Crippen molar-refractivity contribution >= 4 is 11.6 Å². The summed E-state index contributed by atoms with van der Waals surface area (Å²) in [5.41, 5.74) is 0.420.